The Balaban J connectivity index is 1.51. The second kappa shape index (κ2) is 9.03. The van der Waals surface area contributed by atoms with E-state index < -0.39 is 0 Å². The topological polar surface area (TPSA) is 82.8 Å². The Morgan fingerprint density at radius 1 is 1.37 bits per heavy atom. The number of aromatic nitrogens is 1. The number of aliphatic imine (C=N–C) groups is 1. The van der Waals surface area contributed by atoms with Crippen LogP contribution in [0.3, 0.4) is 0 Å². The van der Waals surface area contributed by atoms with E-state index >= 15 is 0 Å². The van der Waals surface area contributed by atoms with Gasteiger partial charge < -0.3 is 20.1 Å². The first-order chi connectivity index (χ1) is 13.2. The number of aryl methyl sites for hydroxylation is 2. The third-order valence-electron chi connectivity index (χ3n) is 4.83. The predicted molar refractivity (Wildman–Crippen MR) is 107 cm³/mol. The van der Waals surface area contributed by atoms with E-state index in [1.807, 2.05) is 11.8 Å². The molecular weight excluding hydrogens is 362 g/mol. The maximum absolute atomic E-state index is 12.5. The lowest BCUT2D eigenvalue weighted by Crippen LogP contribution is -2.45. The van der Waals surface area contributed by atoms with Gasteiger partial charge in [0.1, 0.15) is 5.76 Å². The second-order valence-corrected chi connectivity index (χ2v) is 7.45. The second-order valence-electron chi connectivity index (χ2n) is 6.45. The summed E-state index contributed by atoms with van der Waals surface area (Å²) in [5, 5.41) is 12.6. The fourth-order valence-electron chi connectivity index (χ4n) is 3.26. The van der Waals surface area contributed by atoms with Gasteiger partial charge in [-0.15, -0.1) is 11.3 Å². The van der Waals surface area contributed by atoms with Crippen LogP contribution >= 0.6 is 11.3 Å². The van der Waals surface area contributed by atoms with Crippen LogP contribution in [0.4, 0.5) is 0 Å². The van der Waals surface area contributed by atoms with Crippen LogP contribution in [0.15, 0.2) is 21.0 Å². The molecule has 3 rings (SSSR count). The molecule has 0 fully saturated rings. The molecule has 1 aliphatic heterocycles. The normalized spacial score (nSPS) is 14.2. The number of hydrogen-bond donors (Lipinski definition) is 2. The number of guanidine groups is 1. The zero-order chi connectivity index (χ0) is 19.2. The zero-order valence-electron chi connectivity index (χ0n) is 16.2. The minimum Gasteiger partial charge on any atom is -0.361 e. The summed E-state index contributed by atoms with van der Waals surface area (Å²) in [5.41, 5.74) is 3.31. The molecule has 2 N–H and O–H groups in total. The highest BCUT2D eigenvalue weighted by atomic mass is 32.1. The van der Waals surface area contributed by atoms with Gasteiger partial charge in [-0.3, -0.25) is 9.79 Å². The van der Waals surface area contributed by atoms with Crippen molar-refractivity contribution in [3.8, 4) is 0 Å². The summed E-state index contributed by atoms with van der Waals surface area (Å²) in [6.45, 7) is 6.39. The average Bonchev–Trinajstić information content (AvgIpc) is 3.33. The summed E-state index contributed by atoms with van der Waals surface area (Å²) >= 11 is 1.78. The highest BCUT2D eigenvalue weighted by molar-refractivity contribution is 7.10. The van der Waals surface area contributed by atoms with Crippen molar-refractivity contribution in [2.24, 2.45) is 4.99 Å². The van der Waals surface area contributed by atoms with Gasteiger partial charge in [-0.25, -0.2) is 0 Å². The molecule has 0 unspecified atom stereocenters. The smallest absolute Gasteiger partial charge is 0.242 e. The van der Waals surface area contributed by atoms with Gasteiger partial charge in [0.05, 0.1) is 12.2 Å². The minimum atomic E-state index is 0.0864. The maximum atomic E-state index is 12.5. The minimum absolute atomic E-state index is 0.0864. The molecule has 2 aromatic heterocycles. The molecule has 146 valence electrons. The fraction of sp³-hybridized carbons (Fsp3) is 0.526. The Bertz CT molecular complexity index is 789. The third-order valence-corrected chi connectivity index (χ3v) is 5.85. The standard InChI is InChI=1S/C19H27N5O2S/c1-4-15-14(16(5-2)26-23-15)10-21-19(20-3)22-11-18(25)24-8-6-17-13(12-24)7-9-27-17/h7,9H,4-6,8,10-12H2,1-3H3,(H2,20,21,22). The molecule has 0 spiro atoms. The number of thiophene rings is 1. The molecule has 7 nitrogen and oxygen atoms in total. The molecule has 0 aromatic carbocycles. The van der Waals surface area contributed by atoms with Gasteiger partial charge in [0.2, 0.25) is 5.91 Å². The predicted octanol–water partition coefficient (Wildman–Crippen LogP) is 2.11. The monoisotopic (exact) mass is 389 g/mol. The number of rotatable bonds is 6. The van der Waals surface area contributed by atoms with E-state index in [1.165, 1.54) is 10.4 Å². The highest BCUT2D eigenvalue weighted by Crippen LogP contribution is 2.23. The van der Waals surface area contributed by atoms with E-state index in [-0.39, 0.29) is 12.5 Å². The average molecular weight is 390 g/mol. The number of nitrogens with zero attached hydrogens (tertiary/aromatic N) is 3. The Morgan fingerprint density at radius 3 is 2.96 bits per heavy atom. The maximum Gasteiger partial charge on any atom is 0.242 e. The van der Waals surface area contributed by atoms with Gasteiger partial charge in [-0.05, 0) is 29.9 Å². The van der Waals surface area contributed by atoms with Crippen molar-refractivity contribution >= 4 is 23.2 Å². The van der Waals surface area contributed by atoms with Crippen molar-refractivity contribution in [3.63, 3.8) is 0 Å². The Morgan fingerprint density at radius 2 is 2.22 bits per heavy atom. The van der Waals surface area contributed by atoms with Gasteiger partial charge >= 0.3 is 0 Å². The lowest BCUT2D eigenvalue weighted by molar-refractivity contribution is -0.130. The van der Waals surface area contributed by atoms with Crippen LogP contribution in [0, 0.1) is 0 Å². The Labute approximate surface area is 163 Å². The highest BCUT2D eigenvalue weighted by Gasteiger charge is 2.21. The first kappa shape index (κ1) is 19.4. The molecule has 0 atom stereocenters. The summed E-state index contributed by atoms with van der Waals surface area (Å²) in [7, 11) is 1.70. The zero-order valence-corrected chi connectivity index (χ0v) is 17.0. The van der Waals surface area contributed by atoms with Crippen molar-refractivity contribution in [2.45, 2.75) is 46.2 Å². The SMILES string of the molecule is CCc1noc(CC)c1CNC(=NC)NCC(=O)N1CCc2sccc2C1. The molecule has 0 aliphatic carbocycles. The summed E-state index contributed by atoms with van der Waals surface area (Å²) in [5.74, 6) is 1.58. The molecule has 2 aromatic rings. The molecule has 3 heterocycles. The van der Waals surface area contributed by atoms with Crippen molar-refractivity contribution in [1.82, 2.24) is 20.7 Å². The van der Waals surface area contributed by atoms with Gasteiger partial charge in [-0.2, -0.15) is 0 Å². The van der Waals surface area contributed by atoms with Crippen LogP contribution in [-0.4, -0.2) is 42.1 Å². The molecule has 1 amide bonds. The van der Waals surface area contributed by atoms with Gasteiger partial charge in [0.25, 0.3) is 0 Å². The van der Waals surface area contributed by atoms with Crippen molar-refractivity contribution in [3.05, 3.63) is 38.9 Å². The number of nitrogens with one attached hydrogen (secondary N) is 2. The molecule has 0 saturated heterocycles. The quantitative estimate of drug-likeness (QED) is 0.584. The van der Waals surface area contributed by atoms with Gasteiger partial charge in [0, 0.05) is 43.5 Å². The van der Waals surface area contributed by atoms with Crippen molar-refractivity contribution in [1.29, 1.82) is 0 Å². The lowest BCUT2D eigenvalue weighted by Gasteiger charge is -2.27. The molecular formula is C19H27N5O2S. The summed E-state index contributed by atoms with van der Waals surface area (Å²) in [4.78, 5) is 20.1. The van der Waals surface area contributed by atoms with Crippen LogP contribution in [0.1, 0.15) is 41.3 Å². The van der Waals surface area contributed by atoms with E-state index in [0.29, 0.717) is 19.0 Å². The molecule has 0 radical (unpaired) electrons. The molecule has 0 saturated carbocycles. The van der Waals surface area contributed by atoms with Gasteiger partial charge in [0.15, 0.2) is 5.96 Å². The molecule has 8 heteroatoms. The van der Waals surface area contributed by atoms with E-state index in [1.54, 1.807) is 18.4 Å². The van der Waals surface area contributed by atoms with E-state index in [0.717, 1.165) is 42.8 Å². The van der Waals surface area contributed by atoms with E-state index in [2.05, 4.69) is 39.2 Å². The lowest BCUT2D eigenvalue weighted by atomic mass is 10.1. The molecule has 1 aliphatic rings. The summed E-state index contributed by atoms with van der Waals surface area (Å²) in [6.07, 6.45) is 2.57. The Hall–Kier alpha value is -2.35. The van der Waals surface area contributed by atoms with E-state index in [4.69, 9.17) is 4.52 Å². The number of hydrogen-bond acceptors (Lipinski definition) is 5. The van der Waals surface area contributed by atoms with Crippen LogP contribution in [0.5, 0.6) is 0 Å². The summed E-state index contributed by atoms with van der Waals surface area (Å²) < 4.78 is 5.39. The third kappa shape index (κ3) is 4.50. The van der Waals surface area contributed by atoms with Gasteiger partial charge in [-0.1, -0.05) is 19.0 Å². The number of fused-ring (bicyclic) bond motifs is 1. The van der Waals surface area contributed by atoms with Crippen molar-refractivity contribution in [2.75, 3.05) is 20.1 Å². The first-order valence-corrected chi connectivity index (χ1v) is 10.3. The molecule has 27 heavy (non-hydrogen) atoms. The van der Waals surface area contributed by atoms with Crippen LogP contribution in [0.25, 0.3) is 0 Å². The Kier molecular flexibility index (Phi) is 6.49. The fourth-order valence-corrected chi connectivity index (χ4v) is 4.15. The van der Waals surface area contributed by atoms with E-state index in [9.17, 15) is 4.79 Å². The largest absolute Gasteiger partial charge is 0.361 e. The summed E-state index contributed by atoms with van der Waals surface area (Å²) in [6, 6.07) is 2.11. The first-order valence-electron chi connectivity index (χ1n) is 9.40. The van der Waals surface area contributed by atoms with Crippen LogP contribution in [0.2, 0.25) is 0 Å². The molecule has 0 bridgehead atoms. The number of carbonyl (C=O) groups is 1. The number of carbonyl (C=O) groups excluding carboxylic acids is 1. The van der Waals surface area contributed by atoms with Crippen molar-refractivity contribution < 1.29 is 9.32 Å². The van der Waals surface area contributed by atoms with Crippen LogP contribution in [-0.2, 0) is 37.1 Å². The van der Waals surface area contributed by atoms with Crippen LogP contribution < -0.4 is 10.6 Å². The number of amides is 1.